The van der Waals surface area contributed by atoms with Gasteiger partial charge >= 0.3 is 5.97 Å². The molecule has 0 radical (unpaired) electrons. The van der Waals surface area contributed by atoms with Gasteiger partial charge in [0.2, 0.25) is 0 Å². The molecule has 2 saturated heterocycles. The fourth-order valence-corrected chi connectivity index (χ4v) is 10.1. The summed E-state index contributed by atoms with van der Waals surface area (Å²) in [4.78, 5) is 12.4. The summed E-state index contributed by atoms with van der Waals surface area (Å²) in [6.07, 6.45) is 0.191. The standard InChI is InChI=1S/C28H44O8/c1-12-21-20(35-25(12)33)11-17-15-10-19(36-26-24(32)23(31)22(30)13(2)34-26)18-9-14(29)5-7-27(18,3)16(15)6-8-28(17,21)4/h12-24,26,29-32H,5-11H2,1-4H3/t12-,13+,14-,15+,16-,17-,18+,19-,20-,21-,22+,23-,24+,26-,27+,28-/m0/s1. The molecule has 16 atom stereocenters. The van der Waals surface area contributed by atoms with Crippen molar-refractivity contribution in [2.45, 2.75) is 122 Å². The second-order valence-corrected chi connectivity index (χ2v) is 13.6. The summed E-state index contributed by atoms with van der Waals surface area (Å²) in [5, 5.41) is 41.9. The topological polar surface area (TPSA) is 126 Å². The van der Waals surface area contributed by atoms with Crippen LogP contribution in [0.15, 0.2) is 0 Å². The molecule has 0 aromatic carbocycles. The SMILES string of the molecule is C[C@@H]1C(=O)O[C@H]2C[C@H]3[C@@H]4C[C@H](O[C@@H]5O[C@H](C)[C@@H](O)[C@H](O)[C@H]5O)[C@H]5C[C@@H](O)CC[C@]5(C)[C@H]4CC[C@]3(C)[C@H]21. The molecule has 8 nitrogen and oxygen atoms in total. The van der Waals surface area contributed by atoms with Crippen molar-refractivity contribution in [3.8, 4) is 0 Å². The Bertz CT molecular complexity index is 882. The first-order valence-corrected chi connectivity index (χ1v) is 14.2. The van der Waals surface area contributed by atoms with Crippen LogP contribution < -0.4 is 0 Å². The predicted molar refractivity (Wildman–Crippen MR) is 128 cm³/mol. The van der Waals surface area contributed by atoms with E-state index in [0.29, 0.717) is 24.2 Å². The average Bonchev–Trinajstić information content (AvgIpc) is 3.29. The molecule has 8 heteroatoms. The molecule has 2 heterocycles. The lowest BCUT2D eigenvalue weighted by Crippen LogP contribution is -2.62. The summed E-state index contributed by atoms with van der Waals surface area (Å²) < 4.78 is 18.3. The van der Waals surface area contributed by atoms with E-state index in [9.17, 15) is 25.2 Å². The third-order valence-corrected chi connectivity index (χ3v) is 12.0. The molecule has 4 saturated carbocycles. The van der Waals surface area contributed by atoms with Gasteiger partial charge in [0, 0.05) is 5.92 Å². The summed E-state index contributed by atoms with van der Waals surface area (Å²) in [5.74, 6) is 1.61. The van der Waals surface area contributed by atoms with E-state index in [0.717, 1.165) is 38.5 Å². The van der Waals surface area contributed by atoms with E-state index in [1.54, 1.807) is 6.92 Å². The van der Waals surface area contributed by atoms with E-state index in [1.807, 2.05) is 6.92 Å². The first-order chi connectivity index (χ1) is 17.0. The zero-order chi connectivity index (χ0) is 25.7. The van der Waals surface area contributed by atoms with Crippen LogP contribution in [0, 0.1) is 46.3 Å². The lowest BCUT2D eigenvalue weighted by Gasteiger charge is -2.63. The van der Waals surface area contributed by atoms with Crippen molar-refractivity contribution in [2.75, 3.05) is 0 Å². The van der Waals surface area contributed by atoms with E-state index in [4.69, 9.17) is 14.2 Å². The molecule has 204 valence electrons. The van der Waals surface area contributed by atoms with Crippen molar-refractivity contribution in [2.24, 2.45) is 46.3 Å². The Morgan fingerprint density at radius 3 is 2.33 bits per heavy atom. The van der Waals surface area contributed by atoms with Crippen LogP contribution in [0.2, 0.25) is 0 Å². The fourth-order valence-electron chi connectivity index (χ4n) is 10.1. The Balaban J connectivity index is 1.31. The molecule has 0 unspecified atom stereocenters. The first kappa shape index (κ1) is 25.5. The van der Waals surface area contributed by atoms with Crippen LogP contribution in [0.3, 0.4) is 0 Å². The largest absolute Gasteiger partial charge is 0.462 e. The van der Waals surface area contributed by atoms with Crippen LogP contribution in [-0.4, -0.2) is 75.4 Å². The molecule has 6 rings (SSSR count). The molecule has 4 N–H and O–H groups in total. The Morgan fingerprint density at radius 2 is 1.58 bits per heavy atom. The van der Waals surface area contributed by atoms with Crippen molar-refractivity contribution in [3.63, 3.8) is 0 Å². The maximum Gasteiger partial charge on any atom is 0.309 e. The Labute approximate surface area is 213 Å². The summed E-state index contributed by atoms with van der Waals surface area (Å²) in [5.41, 5.74) is 0.0481. The van der Waals surface area contributed by atoms with Crippen LogP contribution in [0.1, 0.15) is 72.6 Å². The van der Waals surface area contributed by atoms with Crippen LogP contribution >= 0.6 is 0 Å². The third-order valence-electron chi connectivity index (χ3n) is 12.0. The summed E-state index contributed by atoms with van der Waals surface area (Å²) in [6, 6.07) is 0. The highest BCUT2D eigenvalue weighted by Gasteiger charge is 2.67. The number of hydrogen-bond donors (Lipinski definition) is 4. The minimum Gasteiger partial charge on any atom is -0.462 e. The molecule has 0 amide bonds. The number of carbonyl (C=O) groups excluding carboxylic acids is 1. The zero-order valence-corrected chi connectivity index (χ0v) is 22.0. The number of fused-ring (bicyclic) bond motifs is 7. The van der Waals surface area contributed by atoms with Gasteiger partial charge in [-0.2, -0.15) is 0 Å². The molecule has 0 spiro atoms. The monoisotopic (exact) mass is 508 g/mol. The molecule has 0 aromatic heterocycles. The number of aliphatic hydroxyl groups is 4. The molecule has 4 aliphatic carbocycles. The smallest absolute Gasteiger partial charge is 0.309 e. The van der Waals surface area contributed by atoms with Crippen molar-refractivity contribution in [1.82, 2.24) is 0 Å². The molecule has 0 bridgehead atoms. The molecular formula is C28H44O8. The van der Waals surface area contributed by atoms with Crippen LogP contribution in [0.4, 0.5) is 0 Å². The summed E-state index contributed by atoms with van der Waals surface area (Å²) in [7, 11) is 0. The summed E-state index contributed by atoms with van der Waals surface area (Å²) >= 11 is 0. The molecule has 0 aromatic rings. The Morgan fingerprint density at radius 1 is 0.861 bits per heavy atom. The lowest BCUT2D eigenvalue weighted by molar-refractivity contribution is -0.322. The number of esters is 1. The van der Waals surface area contributed by atoms with Crippen molar-refractivity contribution in [3.05, 3.63) is 0 Å². The second kappa shape index (κ2) is 8.62. The van der Waals surface area contributed by atoms with E-state index >= 15 is 0 Å². The van der Waals surface area contributed by atoms with Crippen LogP contribution in [0.5, 0.6) is 0 Å². The van der Waals surface area contributed by atoms with Crippen molar-refractivity contribution < 1.29 is 39.4 Å². The maximum atomic E-state index is 12.4. The van der Waals surface area contributed by atoms with Crippen molar-refractivity contribution >= 4 is 5.97 Å². The van der Waals surface area contributed by atoms with Crippen LogP contribution in [-0.2, 0) is 19.0 Å². The molecule has 36 heavy (non-hydrogen) atoms. The normalized spacial score (nSPS) is 60.5. The fraction of sp³-hybridized carbons (Fsp3) is 0.964. The highest BCUT2D eigenvalue weighted by Crippen LogP contribution is 2.69. The van der Waals surface area contributed by atoms with Gasteiger partial charge in [-0.05, 0) is 86.4 Å². The molecule has 6 aliphatic rings. The molecule has 2 aliphatic heterocycles. The van der Waals surface area contributed by atoms with Gasteiger partial charge in [0.15, 0.2) is 6.29 Å². The number of aliphatic hydroxyl groups excluding tert-OH is 4. The summed E-state index contributed by atoms with van der Waals surface area (Å²) in [6.45, 7) is 8.45. The van der Waals surface area contributed by atoms with E-state index in [-0.39, 0.29) is 52.9 Å². The van der Waals surface area contributed by atoms with Gasteiger partial charge in [0.05, 0.1) is 24.2 Å². The Kier molecular flexibility index (Phi) is 6.10. The van der Waals surface area contributed by atoms with E-state index < -0.39 is 30.7 Å². The first-order valence-electron chi connectivity index (χ1n) is 14.2. The number of carbonyl (C=O) groups is 1. The molecule has 6 fully saturated rings. The minimum atomic E-state index is -1.34. The van der Waals surface area contributed by atoms with Crippen molar-refractivity contribution in [1.29, 1.82) is 0 Å². The molecular weight excluding hydrogens is 464 g/mol. The van der Waals surface area contributed by atoms with E-state index in [1.165, 1.54) is 0 Å². The van der Waals surface area contributed by atoms with Gasteiger partial charge in [0.25, 0.3) is 0 Å². The van der Waals surface area contributed by atoms with Gasteiger partial charge in [-0.3, -0.25) is 4.79 Å². The second-order valence-electron chi connectivity index (χ2n) is 13.6. The zero-order valence-electron chi connectivity index (χ0n) is 22.0. The van der Waals surface area contributed by atoms with E-state index in [2.05, 4.69) is 13.8 Å². The van der Waals surface area contributed by atoms with Crippen LogP contribution in [0.25, 0.3) is 0 Å². The highest BCUT2D eigenvalue weighted by molar-refractivity contribution is 5.75. The van der Waals surface area contributed by atoms with Gasteiger partial charge in [-0.25, -0.2) is 0 Å². The third kappa shape index (κ3) is 3.51. The lowest BCUT2D eigenvalue weighted by atomic mass is 9.43. The highest BCUT2D eigenvalue weighted by atomic mass is 16.7. The van der Waals surface area contributed by atoms with Gasteiger partial charge in [-0.1, -0.05) is 20.8 Å². The number of hydrogen-bond acceptors (Lipinski definition) is 8. The number of ether oxygens (including phenoxy) is 3. The van der Waals surface area contributed by atoms with Gasteiger partial charge in [-0.15, -0.1) is 0 Å². The maximum absolute atomic E-state index is 12.4. The Hall–Kier alpha value is -0.770. The van der Waals surface area contributed by atoms with Gasteiger partial charge in [0.1, 0.15) is 24.4 Å². The quantitative estimate of drug-likeness (QED) is 0.330. The number of rotatable bonds is 2. The minimum absolute atomic E-state index is 0.000287. The predicted octanol–water partition coefficient (Wildman–Crippen LogP) is 2.00. The average molecular weight is 509 g/mol. The van der Waals surface area contributed by atoms with Gasteiger partial charge < -0.3 is 34.6 Å².